The van der Waals surface area contributed by atoms with Gasteiger partial charge in [0.2, 0.25) is 0 Å². The predicted octanol–water partition coefficient (Wildman–Crippen LogP) is 4.64. The summed E-state index contributed by atoms with van der Waals surface area (Å²) in [7, 11) is 1.95. The van der Waals surface area contributed by atoms with Gasteiger partial charge in [-0.15, -0.1) is 0 Å². The van der Waals surface area contributed by atoms with E-state index in [2.05, 4.69) is 10.6 Å². The monoisotopic (exact) mass is 474 g/mol. The van der Waals surface area contributed by atoms with E-state index in [0.717, 1.165) is 41.8 Å². The minimum Gasteiger partial charge on any atom is -0.494 e. The van der Waals surface area contributed by atoms with Gasteiger partial charge in [-0.25, -0.2) is 4.79 Å². The molecule has 1 amide bonds. The van der Waals surface area contributed by atoms with Gasteiger partial charge in [-0.1, -0.05) is 54.6 Å². The highest BCUT2D eigenvalue weighted by Crippen LogP contribution is 2.23. The molecule has 1 unspecified atom stereocenters. The maximum Gasteiger partial charge on any atom is 0.328 e. The van der Waals surface area contributed by atoms with E-state index >= 15 is 0 Å². The van der Waals surface area contributed by atoms with Crippen molar-refractivity contribution in [3.05, 3.63) is 90.0 Å². The smallest absolute Gasteiger partial charge is 0.328 e. The van der Waals surface area contributed by atoms with Crippen molar-refractivity contribution in [1.82, 2.24) is 10.6 Å². The largest absolute Gasteiger partial charge is 0.494 e. The molecule has 0 bridgehead atoms. The summed E-state index contributed by atoms with van der Waals surface area (Å²) < 4.78 is 11.0. The first-order valence-electron chi connectivity index (χ1n) is 12.1. The van der Waals surface area contributed by atoms with Crippen LogP contribution in [0, 0.1) is 0 Å². The summed E-state index contributed by atoms with van der Waals surface area (Å²) in [5, 5.41) is 5.96. The lowest BCUT2D eigenvalue weighted by Crippen LogP contribution is -2.43. The lowest BCUT2D eigenvalue weighted by molar-refractivity contribution is -0.145. The molecule has 0 saturated heterocycles. The summed E-state index contributed by atoms with van der Waals surface area (Å²) in [5.74, 6) is 0.0934. The molecule has 35 heavy (non-hydrogen) atoms. The Bertz CT molecular complexity index is 1050. The normalized spacial score (nSPS) is 11.5. The van der Waals surface area contributed by atoms with Crippen molar-refractivity contribution in [2.24, 2.45) is 0 Å². The molecule has 184 valence electrons. The molecular weight excluding hydrogens is 440 g/mol. The molecule has 3 aromatic rings. The Morgan fingerprint density at radius 3 is 2.14 bits per heavy atom. The van der Waals surface area contributed by atoms with E-state index < -0.39 is 12.0 Å². The average molecular weight is 475 g/mol. The van der Waals surface area contributed by atoms with Crippen LogP contribution in [0.5, 0.6) is 5.75 Å². The lowest BCUT2D eigenvalue weighted by Gasteiger charge is -2.17. The molecule has 3 aromatic carbocycles. The van der Waals surface area contributed by atoms with Gasteiger partial charge in [-0.3, -0.25) is 4.79 Å². The van der Waals surface area contributed by atoms with Crippen LogP contribution in [0.1, 0.15) is 35.7 Å². The molecule has 6 nitrogen and oxygen atoms in total. The molecule has 0 saturated carbocycles. The van der Waals surface area contributed by atoms with Crippen LogP contribution in [-0.4, -0.2) is 44.7 Å². The zero-order chi connectivity index (χ0) is 24.9. The number of hydrogen-bond acceptors (Lipinski definition) is 5. The van der Waals surface area contributed by atoms with Crippen LogP contribution in [0.15, 0.2) is 78.9 Å². The third kappa shape index (κ3) is 8.26. The highest BCUT2D eigenvalue weighted by Gasteiger charge is 2.23. The van der Waals surface area contributed by atoms with E-state index in [9.17, 15) is 9.59 Å². The predicted molar refractivity (Wildman–Crippen MR) is 139 cm³/mol. The van der Waals surface area contributed by atoms with Crippen LogP contribution in [0.2, 0.25) is 0 Å². The maximum absolute atomic E-state index is 12.9. The molecule has 0 aliphatic carbocycles. The van der Waals surface area contributed by atoms with Crippen LogP contribution in [0.25, 0.3) is 11.1 Å². The molecule has 2 N–H and O–H groups in total. The average Bonchev–Trinajstić information content (AvgIpc) is 2.89. The molecule has 0 aliphatic heterocycles. The van der Waals surface area contributed by atoms with Gasteiger partial charge in [0.25, 0.3) is 5.91 Å². The fourth-order valence-corrected chi connectivity index (χ4v) is 3.68. The molecule has 0 aromatic heterocycles. The van der Waals surface area contributed by atoms with E-state index in [0.29, 0.717) is 18.6 Å². The minimum atomic E-state index is -0.754. The Morgan fingerprint density at radius 1 is 0.857 bits per heavy atom. The fraction of sp³-hybridized carbons (Fsp3) is 0.310. The van der Waals surface area contributed by atoms with Gasteiger partial charge in [0.05, 0.1) is 13.2 Å². The number of nitrogens with one attached hydrogen (secondary N) is 2. The summed E-state index contributed by atoms with van der Waals surface area (Å²) in [6, 6.07) is 24.1. The zero-order valence-electron chi connectivity index (χ0n) is 20.5. The zero-order valence-corrected chi connectivity index (χ0v) is 20.5. The van der Waals surface area contributed by atoms with Crippen molar-refractivity contribution in [2.75, 3.05) is 26.8 Å². The number of esters is 1. The minimum absolute atomic E-state index is 0.259. The Morgan fingerprint density at radius 2 is 1.51 bits per heavy atom. The van der Waals surface area contributed by atoms with Crippen LogP contribution in [0.3, 0.4) is 0 Å². The first kappa shape index (κ1) is 26.0. The van der Waals surface area contributed by atoms with Gasteiger partial charge < -0.3 is 20.1 Å². The number of unbranched alkanes of at least 4 members (excludes halogenated alkanes) is 1. The van der Waals surface area contributed by atoms with Crippen molar-refractivity contribution in [3.63, 3.8) is 0 Å². The number of rotatable bonds is 13. The molecule has 0 heterocycles. The summed E-state index contributed by atoms with van der Waals surface area (Å²) in [6.07, 6.45) is 2.46. The van der Waals surface area contributed by atoms with E-state index in [-0.39, 0.29) is 12.5 Å². The molecule has 0 radical (unpaired) electrons. The number of ether oxygens (including phenoxy) is 2. The van der Waals surface area contributed by atoms with Crippen molar-refractivity contribution in [1.29, 1.82) is 0 Å². The maximum atomic E-state index is 12.9. The Hall–Kier alpha value is -3.64. The second kappa shape index (κ2) is 13.9. The van der Waals surface area contributed by atoms with Crippen molar-refractivity contribution >= 4 is 11.9 Å². The third-order valence-corrected chi connectivity index (χ3v) is 5.58. The summed E-state index contributed by atoms with van der Waals surface area (Å²) in [4.78, 5) is 25.3. The van der Waals surface area contributed by atoms with Gasteiger partial charge in [0.15, 0.2) is 0 Å². The van der Waals surface area contributed by atoms with Crippen molar-refractivity contribution < 1.29 is 19.1 Å². The topological polar surface area (TPSA) is 76.7 Å². The third-order valence-electron chi connectivity index (χ3n) is 5.58. The molecule has 0 spiro atoms. The molecule has 1 atom stereocenters. The Balaban J connectivity index is 1.60. The quantitative estimate of drug-likeness (QED) is 0.279. The highest BCUT2D eigenvalue weighted by molar-refractivity contribution is 5.97. The number of carbonyl (C=O) groups is 2. The lowest BCUT2D eigenvalue weighted by atomic mass is 10.0. The van der Waals surface area contributed by atoms with Gasteiger partial charge in [0.1, 0.15) is 11.8 Å². The Kier molecular flexibility index (Phi) is 10.3. The number of benzene rings is 3. The molecular formula is C29H34N2O4. The number of amides is 1. The van der Waals surface area contributed by atoms with Gasteiger partial charge >= 0.3 is 5.97 Å². The van der Waals surface area contributed by atoms with Crippen LogP contribution < -0.4 is 15.4 Å². The standard InChI is InChI=1S/C29H34N2O4/c1-3-34-29(33)27(21-22-9-5-4-6-10-22)31-28(32)25-13-11-23(12-14-25)24-15-17-26(18-16-24)35-20-8-7-19-30-2/h4-6,9-18,27,30H,3,7-8,19-21H2,1-2H3,(H,31,32). The summed E-state index contributed by atoms with van der Waals surface area (Å²) in [5.41, 5.74) is 3.46. The highest BCUT2D eigenvalue weighted by atomic mass is 16.5. The first-order chi connectivity index (χ1) is 17.1. The van der Waals surface area contributed by atoms with Crippen LogP contribution >= 0.6 is 0 Å². The SMILES string of the molecule is CCOC(=O)C(Cc1ccccc1)NC(=O)c1ccc(-c2ccc(OCCCCNC)cc2)cc1. The number of hydrogen-bond donors (Lipinski definition) is 2. The van der Waals surface area contributed by atoms with E-state index in [1.54, 1.807) is 19.1 Å². The second-order valence-corrected chi connectivity index (χ2v) is 8.23. The summed E-state index contributed by atoms with van der Waals surface area (Å²) >= 11 is 0. The molecule has 6 heteroatoms. The first-order valence-corrected chi connectivity index (χ1v) is 12.1. The fourth-order valence-electron chi connectivity index (χ4n) is 3.68. The van der Waals surface area contributed by atoms with Gasteiger partial charge in [-0.05, 0) is 74.3 Å². The molecule has 0 fully saturated rings. The van der Waals surface area contributed by atoms with Gasteiger partial charge in [-0.2, -0.15) is 0 Å². The van der Waals surface area contributed by atoms with Gasteiger partial charge in [0, 0.05) is 12.0 Å². The van der Waals surface area contributed by atoms with E-state index in [4.69, 9.17) is 9.47 Å². The number of carbonyl (C=O) groups excluding carboxylic acids is 2. The Labute approximate surface area is 207 Å². The van der Waals surface area contributed by atoms with Crippen molar-refractivity contribution in [3.8, 4) is 16.9 Å². The summed E-state index contributed by atoms with van der Waals surface area (Å²) in [6.45, 7) is 3.70. The molecule has 0 aliphatic rings. The van der Waals surface area contributed by atoms with Crippen LogP contribution in [-0.2, 0) is 16.0 Å². The van der Waals surface area contributed by atoms with Crippen LogP contribution in [0.4, 0.5) is 0 Å². The van der Waals surface area contributed by atoms with Crippen molar-refractivity contribution in [2.45, 2.75) is 32.2 Å². The molecule has 3 rings (SSSR count). The van der Waals surface area contributed by atoms with E-state index in [1.807, 2.05) is 73.8 Å². The van der Waals surface area contributed by atoms with E-state index in [1.165, 1.54) is 0 Å². The second-order valence-electron chi connectivity index (χ2n) is 8.23.